The Balaban J connectivity index is 1.98. The van der Waals surface area contributed by atoms with E-state index in [4.69, 9.17) is 23.2 Å². The lowest BCUT2D eigenvalue weighted by Crippen LogP contribution is -2.35. The number of aromatic nitrogens is 2. The second-order valence-corrected chi connectivity index (χ2v) is 7.34. The van der Waals surface area contributed by atoms with Crippen LogP contribution in [0.15, 0.2) is 24.4 Å². The summed E-state index contributed by atoms with van der Waals surface area (Å²) in [6.45, 7) is 1.80. The molecule has 2 N–H and O–H groups in total. The Morgan fingerprint density at radius 3 is 2.59 bits per heavy atom. The van der Waals surface area contributed by atoms with Crippen molar-refractivity contribution in [2.45, 2.75) is 31.5 Å². The van der Waals surface area contributed by atoms with E-state index in [9.17, 15) is 22.8 Å². The topological polar surface area (TPSA) is 84.0 Å². The zero-order valence-corrected chi connectivity index (χ0v) is 16.5. The molecule has 1 unspecified atom stereocenters. The Morgan fingerprint density at radius 1 is 1.31 bits per heavy atom. The molecule has 29 heavy (non-hydrogen) atoms. The molecule has 3 heterocycles. The van der Waals surface area contributed by atoms with E-state index in [2.05, 4.69) is 20.6 Å². The molecule has 0 saturated carbocycles. The van der Waals surface area contributed by atoms with Crippen molar-refractivity contribution < 1.29 is 22.8 Å². The molecule has 154 valence electrons. The second kappa shape index (κ2) is 8.16. The second-order valence-electron chi connectivity index (χ2n) is 6.53. The van der Waals surface area contributed by atoms with Gasteiger partial charge in [0.15, 0.2) is 11.5 Å². The number of ketones is 1. The Hall–Kier alpha value is -2.39. The molecule has 2 amide bonds. The number of carbonyl (C=O) groups excluding carboxylic acids is 2. The van der Waals surface area contributed by atoms with Gasteiger partial charge in [-0.3, -0.25) is 14.8 Å². The Bertz CT molecular complexity index is 969. The lowest BCUT2D eigenvalue weighted by molar-refractivity contribution is -0.141. The molecule has 0 aromatic carbocycles. The van der Waals surface area contributed by atoms with Crippen molar-refractivity contribution in [3.05, 3.63) is 57.1 Å². The molecule has 11 heteroatoms. The molecule has 0 radical (unpaired) electrons. The van der Waals surface area contributed by atoms with Gasteiger partial charge < -0.3 is 10.6 Å². The predicted octanol–water partition coefficient (Wildman–Crippen LogP) is 3.88. The van der Waals surface area contributed by atoms with Crippen molar-refractivity contribution in [1.29, 1.82) is 0 Å². The number of aryl methyl sites for hydroxylation is 1. The van der Waals surface area contributed by atoms with Gasteiger partial charge in [0.1, 0.15) is 6.04 Å². The molecule has 3 rings (SSSR count). The van der Waals surface area contributed by atoms with Gasteiger partial charge in [-0.25, -0.2) is 4.79 Å². The summed E-state index contributed by atoms with van der Waals surface area (Å²) in [6.07, 6.45) is -3.79. The fourth-order valence-electron chi connectivity index (χ4n) is 3.00. The minimum Gasteiger partial charge on any atom is -0.336 e. The molecule has 2 aromatic heterocycles. The van der Waals surface area contributed by atoms with Crippen LogP contribution in [-0.4, -0.2) is 34.4 Å². The number of urea groups is 1. The number of hydrogen-bond donors (Lipinski definition) is 2. The molecule has 1 aliphatic heterocycles. The van der Waals surface area contributed by atoms with E-state index in [0.717, 1.165) is 12.3 Å². The van der Waals surface area contributed by atoms with Crippen molar-refractivity contribution in [1.82, 2.24) is 20.6 Å². The predicted molar refractivity (Wildman–Crippen MR) is 100 cm³/mol. The third-order valence-corrected chi connectivity index (χ3v) is 5.19. The highest BCUT2D eigenvalue weighted by molar-refractivity contribution is 6.31. The summed E-state index contributed by atoms with van der Waals surface area (Å²) >= 11 is 11.8. The van der Waals surface area contributed by atoms with Gasteiger partial charge in [-0.1, -0.05) is 23.2 Å². The molecule has 1 saturated heterocycles. The van der Waals surface area contributed by atoms with E-state index in [1.807, 2.05) is 0 Å². The van der Waals surface area contributed by atoms with E-state index in [1.165, 1.54) is 0 Å². The summed E-state index contributed by atoms with van der Waals surface area (Å²) in [7, 11) is 0. The number of hydrogen-bond acceptors (Lipinski definition) is 4. The standard InChI is InChI=1S/C18H15Cl2F3N4O2/c1-8-11(19)2-3-13(26-8)10(5-15(28)14-7-25-17(29)27-14)9-4-12(20)16(24-6-9)18(21,22)23/h2-4,6,10,14H,5,7H2,1H3,(H2,25,27,29)/t10?,14-/m0/s1. The number of Topliss-reactive ketones (excluding diaryl/α,β-unsaturated/α-hetero) is 1. The summed E-state index contributed by atoms with van der Waals surface area (Å²) in [5, 5.41) is 4.82. The van der Waals surface area contributed by atoms with E-state index < -0.39 is 34.9 Å². The lowest BCUT2D eigenvalue weighted by atomic mass is 9.89. The van der Waals surface area contributed by atoms with Gasteiger partial charge in [0, 0.05) is 30.8 Å². The van der Waals surface area contributed by atoms with Gasteiger partial charge in [-0.15, -0.1) is 0 Å². The van der Waals surface area contributed by atoms with Crippen LogP contribution in [0.4, 0.5) is 18.0 Å². The first-order chi connectivity index (χ1) is 13.6. The van der Waals surface area contributed by atoms with Crippen molar-refractivity contribution in [2.75, 3.05) is 6.54 Å². The van der Waals surface area contributed by atoms with Crippen LogP contribution >= 0.6 is 23.2 Å². The fourth-order valence-corrected chi connectivity index (χ4v) is 3.38. The van der Waals surface area contributed by atoms with Gasteiger partial charge in [0.25, 0.3) is 0 Å². The van der Waals surface area contributed by atoms with Gasteiger partial charge in [0.05, 0.1) is 15.7 Å². The molecular formula is C18H15Cl2F3N4O2. The normalized spacial score (nSPS) is 17.6. The van der Waals surface area contributed by atoms with Crippen molar-refractivity contribution in [3.8, 4) is 0 Å². The summed E-state index contributed by atoms with van der Waals surface area (Å²) in [5.41, 5.74) is 0.0157. The summed E-state index contributed by atoms with van der Waals surface area (Å²) in [4.78, 5) is 31.8. The smallest absolute Gasteiger partial charge is 0.336 e. The Morgan fingerprint density at radius 2 is 2.03 bits per heavy atom. The maximum absolute atomic E-state index is 13.0. The maximum atomic E-state index is 13.0. The third-order valence-electron chi connectivity index (χ3n) is 4.50. The highest BCUT2D eigenvalue weighted by atomic mass is 35.5. The number of amides is 2. The highest BCUT2D eigenvalue weighted by Gasteiger charge is 2.36. The van der Waals surface area contributed by atoms with Crippen molar-refractivity contribution >= 4 is 35.0 Å². The van der Waals surface area contributed by atoms with E-state index in [0.29, 0.717) is 22.0 Å². The van der Waals surface area contributed by atoms with Gasteiger partial charge in [0.2, 0.25) is 0 Å². The van der Waals surface area contributed by atoms with Crippen LogP contribution in [0.5, 0.6) is 0 Å². The van der Waals surface area contributed by atoms with Gasteiger partial charge in [-0.2, -0.15) is 13.2 Å². The number of rotatable bonds is 5. The fraction of sp³-hybridized carbons (Fsp3) is 0.333. The monoisotopic (exact) mass is 446 g/mol. The average Bonchev–Trinajstić information content (AvgIpc) is 3.07. The van der Waals surface area contributed by atoms with Crippen molar-refractivity contribution in [3.63, 3.8) is 0 Å². The van der Waals surface area contributed by atoms with E-state index >= 15 is 0 Å². The first-order valence-corrected chi connectivity index (χ1v) is 9.24. The van der Waals surface area contributed by atoms with Crippen LogP contribution in [0.2, 0.25) is 10.0 Å². The zero-order valence-electron chi connectivity index (χ0n) is 15.0. The molecule has 1 fully saturated rings. The minimum absolute atomic E-state index is 0.121. The molecule has 1 aliphatic rings. The first kappa shape index (κ1) is 21.3. The average molecular weight is 447 g/mol. The molecule has 6 nitrogen and oxygen atoms in total. The molecule has 2 atom stereocenters. The number of carbonyl (C=O) groups is 2. The quantitative estimate of drug-likeness (QED) is 0.729. The molecule has 2 aromatic rings. The van der Waals surface area contributed by atoms with Crippen LogP contribution < -0.4 is 10.6 Å². The first-order valence-electron chi connectivity index (χ1n) is 8.49. The number of pyridine rings is 2. The Kier molecular flexibility index (Phi) is 6.00. The lowest BCUT2D eigenvalue weighted by Gasteiger charge is -2.20. The molecule has 0 spiro atoms. The zero-order chi connectivity index (χ0) is 21.3. The molecular weight excluding hydrogens is 432 g/mol. The summed E-state index contributed by atoms with van der Waals surface area (Å²) in [6, 6.07) is 3.11. The van der Waals surface area contributed by atoms with Crippen LogP contribution in [0.3, 0.4) is 0 Å². The van der Waals surface area contributed by atoms with Crippen LogP contribution in [-0.2, 0) is 11.0 Å². The summed E-state index contributed by atoms with van der Waals surface area (Å²) in [5.74, 6) is -1.03. The van der Waals surface area contributed by atoms with Crippen LogP contribution in [0.25, 0.3) is 0 Å². The largest absolute Gasteiger partial charge is 0.434 e. The summed E-state index contributed by atoms with van der Waals surface area (Å²) < 4.78 is 38.9. The van der Waals surface area contributed by atoms with Gasteiger partial charge in [-0.05, 0) is 30.7 Å². The number of nitrogens with one attached hydrogen (secondary N) is 2. The SMILES string of the molecule is Cc1nc(C(CC(=O)[C@@H]2CNC(=O)N2)c2cnc(C(F)(F)F)c(Cl)c2)ccc1Cl. The minimum atomic E-state index is -4.70. The Labute approximate surface area is 173 Å². The number of alkyl halides is 3. The number of nitrogens with zero attached hydrogens (tertiary/aromatic N) is 2. The van der Waals surface area contributed by atoms with E-state index in [1.54, 1.807) is 19.1 Å². The highest BCUT2D eigenvalue weighted by Crippen LogP contribution is 2.36. The van der Waals surface area contributed by atoms with Crippen LogP contribution in [0.1, 0.15) is 35.0 Å². The van der Waals surface area contributed by atoms with E-state index in [-0.39, 0.29) is 18.7 Å². The molecule has 0 bridgehead atoms. The third kappa shape index (κ3) is 4.79. The van der Waals surface area contributed by atoms with Crippen molar-refractivity contribution in [2.24, 2.45) is 0 Å². The maximum Gasteiger partial charge on any atom is 0.434 e. The van der Waals surface area contributed by atoms with Gasteiger partial charge >= 0.3 is 12.2 Å². The molecule has 0 aliphatic carbocycles. The number of halogens is 5. The van der Waals surface area contributed by atoms with Crippen LogP contribution in [0, 0.1) is 6.92 Å².